The van der Waals surface area contributed by atoms with Gasteiger partial charge >= 0.3 is 0 Å². The average molecular weight is 313 g/mol. The Labute approximate surface area is 131 Å². The van der Waals surface area contributed by atoms with Gasteiger partial charge in [-0.2, -0.15) is 0 Å². The summed E-state index contributed by atoms with van der Waals surface area (Å²) >= 11 is 0. The van der Waals surface area contributed by atoms with Crippen molar-refractivity contribution in [3.05, 3.63) is 22.0 Å². The number of hydrogen-bond acceptors (Lipinski definition) is 2. The minimum atomic E-state index is -3.09. The Morgan fingerprint density at radius 3 is 1.43 bits per heavy atom. The summed E-state index contributed by atoms with van der Waals surface area (Å²) in [7, 11) is -3.09. The maximum Gasteiger partial charge on any atom is 0.198 e. The van der Waals surface area contributed by atoms with Crippen LogP contribution in [0.3, 0.4) is 0 Å². The lowest BCUT2D eigenvalue weighted by Crippen LogP contribution is -2.04. The molecule has 0 aromatic rings. The highest BCUT2D eigenvalue weighted by Gasteiger charge is 2.26. The molecule has 0 spiro atoms. The third-order valence-corrected chi connectivity index (χ3v) is 6.26. The quantitative estimate of drug-likeness (QED) is 0.420. The summed E-state index contributed by atoms with van der Waals surface area (Å²) in [6.45, 7) is 4.39. The summed E-state index contributed by atoms with van der Waals surface area (Å²) in [5.41, 5.74) is 0. The van der Waals surface area contributed by atoms with Crippen molar-refractivity contribution in [2.75, 3.05) is 0 Å². The summed E-state index contributed by atoms with van der Waals surface area (Å²) in [6, 6.07) is 0. The summed E-state index contributed by atoms with van der Waals surface area (Å²) in [6.07, 6.45) is 16.8. The van der Waals surface area contributed by atoms with E-state index in [9.17, 15) is 8.42 Å². The summed E-state index contributed by atoms with van der Waals surface area (Å²) in [5.74, 6) is 0. The lowest BCUT2D eigenvalue weighted by molar-refractivity contribution is 0.595. The van der Waals surface area contributed by atoms with Crippen LogP contribution in [0.4, 0.5) is 0 Å². The SMILES string of the molecule is CCCCCCCC1=CC=C(CCCCCCC)S1(=O)=O. The van der Waals surface area contributed by atoms with Crippen LogP contribution in [0.15, 0.2) is 22.0 Å². The molecule has 0 N–H and O–H groups in total. The third-order valence-electron chi connectivity index (χ3n) is 4.20. The molecule has 0 saturated heterocycles. The molecule has 0 amide bonds. The first-order chi connectivity index (χ1) is 10.1. The molecule has 3 heteroatoms. The minimum absolute atomic E-state index is 0.655. The van der Waals surface area contributed by atoms with Crippen molar-refractivity contribution in [2.45, 2.75) is 90.9 Å². The molecular weight excluding hydrogens is 280 g/mol. The molecule has 0 unspecified atom stereocenters. The molecule has 0 atom stereocenters. The Morgan fingerprint density at radius 2 is 1.05 bits per heavy atom. The Balaban J connectivity index is 2.28. The Hall–Kier alpha value is -0.570. The van der Waals surface area contributed by atoms with Crippen LogP contribution >= 0.6 is 0 Å². The molecule has 0 fully saturated rings. The first kappa shape index (κ1) is 18.5. The lowest BCUT2D eigenvalue weighted by atomic mass is 10.1. The number of hydrogen-bond donors (Lipinski definition) is 0. The molecule has 1 aliphatic heterocycles. The molecular formula is C18H32O2S. The summed E-state index contributed by atoms with van der Waals surface area (Å²) < 4.78 is 24.8. The highest BCUT2D eigenvalue weighted by atomic mass is 32.2. The number of rotatable bonds is 12. The topological polar surface area (TPSA) is 34.1 Å². The van der Waals surface area contributed by atoms with Gasteiger partial charge in [-0.3, -0.25) is 0 Å². The number of unbranched alkanes of at least 4 members (excludes halogenated alkanes) is 8. The molecule has 0 aromatic carbocycles. The molecule has 21 heavy (non-hydrogen) atoms. The highest BCUT2D eigenvalue weighted by Crippen LogP contribution is 2.31. The van der Waals surface area contributed by atoms with Crippen molar-refractivity contribution >= 4 is 9.84 Å². The molecule has 0 saturated carbocycles. The van der Waals surface area contributed by atoms with E-state index in [1.165, 1.54) is 38.5 Å². The van der Waals surface area contributed by atoms with Crippen LogP contribution in [0.2, 0.25) is 0 Å². The maximum absolute atomic E-state index is 12.4. The summed E-state index contributed by atoms with van der Waals surface area (Å²) in [4.78, 5) is 1.31. The van der Waals surface area contributed by atoms with Gasteiger partial charge in [0.05, 0.1) is 0 Å². The van der Waals surface area contributed by atoms with Crippen LogP contribution in [-0.2, 0) is 9.84 Å². The van der Waals surface area contributed by atoms with E-state index >= 15 is 0 Å². The number of allylic oxidation sites excluding steroid dienone is 4. The van der Waals surface area contributed by atoms with E-state index in [-0.39, 0.29) is 0 Å². The van der Waals surface area contributed by atoms with Crippen LogP contribution in [0, 0.1) is 0 Å². The lowest BCUT2D eigenvalue weighted by Gasteiger charge is -2.07. The fourth-order valence-corrected chi connectivity index (χ4v) is 4.43. The molecule has 1 heterocycles. The fourth-order valence-electron chi connectivity index (χ4n) is 2.77. The molecule has 1 rings (SSSR count). The van der Waals surface area contributed by atoms with Gasteiger partial charge in [0.2, 0.25) is 0 Å². The van der Waals surface area contributed by atoms with E-state index in [4.69, 9.17) is 0 Å². The maximum atomic E-state index is 12.4. The Bertz CT molecular complexity index is 408. The second-order valence-electron chi connectivity index (χ2n) is 6.10. The van der Waals surface area contributed by atoms with Crippen molar-refractivity contribution in [3.63, 3.8) is 0 Å². The Kier molecular flexibility index (Phi) is 8.98. The van der Waals surface area contributed by atoms with Gasteiger partial charge in [-0.05, 0) is 37.8 Å². The van der Waals surface area contributed by atoms with Crippen LogP contribution in [0.5, 0.6) is 0 Å². The predicted molar refractivity (Wildman–Crippen MR) is 91.8 cm³/mol. The second-order valence-corrected chi connectivity index (χ2v) is 8.15. The van der Waals surface area contributed by atoms with Crippen LogP contribution in [-0.4, -0.2) is 8.42 Å². The van der Waals surface area contributed by atoms with E-state index in [0.29, 0.717) is 9.81 Å². The molecule has 122 valence electrons. The van der Waals surface area contributed by atoms with E-state index in [0.717, 1.165) is 38.5 Å². The van der Waals surface area contributed by atoms with Crippen LogP contribution in [0.25, 0.3) is 0 Å². The van der Waals surface area contributed by atoms with Gasteiger partial charge in [0, 0.05) is 9.81 Å². The van der Waals surface area contributed by atoms with Gasteiger partial charge in [-0.25, -0.2) is 8.42 Å². The molecule has 0 bridgehead atoms. The van der Waals surface area contributed by atoms with E-state index in [1.54, 1.807) is 0 Å². The molecule has 0 aromatic heterocycles. The molecule has 1 aliphatic rings. The normalized spacial score (nSPS) is 16.9. The number of sulfone groups is 1. The molecule has 0 radical (unpaired) electrons. The first-order valence-electron chi connectivity index (χ1n) is 8.77. The van der Waals surface area contributed by atoms with Crippen molar-refractivity contribution < 1.29 is 8.42 Å². The smallest absolute Gasteiger partial charge is 0.198 e. The third kappa shape index (κ3) is 6.37. The van der Waals surface area contributed by atoms with Gasteiger partial charge in [0.1, 0.15) is 0 Å². The van der Waals surface area contributed by atoms with Crippen LogP contribution < -0.4 is 0 Å². The first-order valence-corrected chi connectivity index (χ1v) is 10.3. The monoisotopic (exact) mass is 312 g/mol. The van der Waals surface area contributed by atoms with Crippen molar-refractivity contribution in [2.24, 2.45) is 0 Å². The van der Waals surface area contributed by atoms with Gasteiger partial charge in [-0.1, -0.05) is 65.2 Å². The largest absolute Gasteiger partial charge is 0.219 e. The standard InChI is InChI=1S/C18H32O2S/c1-3-5-7-9-11-13-17-15-16-18(21(17,19)20)14-12-10-8-6-4-2/h15-16H,3-14H2,1-2H3. The minimum Gasteiger partial charge on any atom is -0.219 e. The van der Waals surface area contributed by atoms with Crippen LogP contribution in [0.1, 0.15) is 90.9 Å². The van der Waals surface area contributed by atoms with Gasteiger partial charge < -0.3 is 0 Å². The Morgan fingerprint density at radius 1 is 0.667 bits per heavy atom. The molecule has 0 aliphatic carbocycles. The van der Waals surface area contributed by atoms with Crippen molar-refractivity contribution in [1.29, 1.82) is 0 Å². The zero-order valence-electron chi connectivity index (χ0n) is 13.9. The van der Waals surface area contributed by atoms with Gasteiger partial charge in [0.25, 0.3) is 0 Å². The van der Waals surface area contributed by atoms with Gasteiger partial charge in [-0.15, -0.1) is 0 Å². The average Bonchev–Trinajstić information content (AvgIpc) is 2.74. The summed E-state index contributed by atoms with van der Waals surface area (Å²) in [5, 5.41) is 0. The van der Waals surface area contributed by atoms with Gasteiger partial charge in [0.15, 0.2) is 9.84 Å². The van der Waals surface area contributed by atoms with E-state index in [1.807, 2.05) is 12.2 Å². The second kappa shape index (κ2) is 10.2. The van der Waals surface area contributed by atoms with Crippen molar-refractivity contribution in [3.8, 4) is 0 Å². The van der Waals surface area contributed by atoms with E-state index < -0.39 is 9.84 Å². The zero-order valence-corrected chi connectivity index (χ0v) is 14.7. The molecule has 2 nitrogen and oxygen atoms in total. The fraction of sp³-hybridized carbons (Fsp3) is 0.778. The highest BCUT2D eigenvalue weighted by molar-refractivity contribution is 7.99. The van der Waals surface area contributed by atoms with Crippen molar-refractivity contribution in [1.82, 2.24) is 0 Å². The zero-order chi connectivity index (χ0) is 15.6. The predicted octanol–water partition coefficient (Wildman–Crippen LogP) is 5.90. The van der Waals surface area contributed by atoms with E-state index in [2.05, 4.69) is 13.8 Å².